The van der Waals surface area contributed by atoms with E-state index in [1.165, 1.54) is 0 Å². The summed E-state index contributed by atoms with van der Waals surface area (Å²) in [6.07, 6.45) is 0.321. The Morgan fingerprint density at radius 3 is 2.52 bits per heavy atom. The van der Waals surface area contributed by atoms with Crippen molar-refractivity contribution in [2.45, 2.75) is 45.1 Å². The molecule has 0 bridgehead atoms. The van der Waals surface area contributed by atoms with Crippen LogP contribution < -0.4 is 5.32 Å². The van der Waals surface area contributed by atoms with Gasteiger partial charge in [0, 0.05) is 5.02 Å². The van der Waals surface area contributed by atoms with Gasteiger partial charge in [0.05, 0.1) is 12.1 Å². The quantitative estimate of drug-likeness (QED) is 0.690. The molecule has 0 aromatic heterocycles. The normalized spacial score (nSPS) is 23.2. The molecule has 2 rings (SSSR count). The minimum atomic E-state index is -1.33. The number of amides is 1. The van der Waals surface area contributed by atoms with Crippen LogP contribution in [-0.2, 0) is 25.3 Å². The van der Waals surface area contributed by atoms with Crippen molar-refractivity contribution < 1.29 is 14.3 Å². The first-order valence-corrected chi connectivity index (χ1v) is 7.47. The Morgan fingerprint density at radius 2 is 1.95 bits per heavy atom. The number of ether oxygens (including phenoxy) is 1. The molecule has 1 aromatic carbocycles. The van der Waals surface area contributed by atoms with Crippen LogP contribution >= 0.6 is 11.6 Å². The number of nitrogens with one attached hydrogen (secondary N) is 1. The molecule has 0 radical (unpaired) electrons. The van der Waals surface area contributed by atoms with E-state index in [2.05, 4.69) is 5.32 Å². The number of benzene rings is 1. The van der Waals surface area contributed by atoms with E-state index in [-0.39, 0.29) is 12.5 Å². The van der Waals surface area contributed by atoms with E-state index >= 15 is 0 Å². The van der Waals surface area contributed by atoms with Crippen molar-refractivity contribution in [1.82, 2.24) is 5.32 Å². The fourth-order valence-corrected chi connectivity index (χ4v) is 3.12. The number of carbonyl (C=O) groups excluding carboxylic acids is 2. The van der Waals surface area contributed by atoms with Gasteiger partial charge in [0.15, 0.2) is 5.41 Å². The predicted octanol–water partition coefficient (Wildman–Crippen LogP) is 2.92. The zero-order valence-corrected chi connectivity index (χ0v) is 13.5. The first-order chi connectivity index (χ1) is 9.79. The van der Waals surface area contributed by atoms with E-state index in [4.69, 9.17) is 16.3 Å². The lowest BCUT2D eigenvalue weighted by molar-refractivity contribution is -0.156. The van der Waals surface area contributed by atoms with E-state index in [0.29, 0.717) is 17.0 Å². The van der Waals surface area contributed by atoms with Crippen molar-refractivity contribution in [3.63, 3.8) is 0 Å². The number of fused-ring (bicyclic) bond motifs is 1. The van der Waals surface area contributed by atoms with E-state index < -0.39 is 16.9 Å². The maximum atomic E-state index is 12.7. The number of halogens is 1. The second-order valence-corrected chi connectivity index (χ2v) is 6.18. The third-order valence-corrected chi connectivity index (χ3v) is 4.32. The van der Waals surface area contributed by atoms with Crippen LogP contribution in [0, 0.1) is 0 Å². The third kappa shape index (κ3) is 2.31. The Hall–Kier alpha value is -1.55. The van der Waals surface area contributed by atoms with Gasteiger partial charge >= 0.3 is 5.97 Å². The summed E-state index contributed by atoms with van der Waals surface area (Å²) in [5, 5.41) is 3.43. The highest BCUT2D eigenvalue weighted by molar-refractivity contribution is 6.30. The molecule has 1 aliphatic rings. The predicted molar refractivity (Wildman–Crippen MR) is 81.2 cm³/mol. The minimum Gasteiger partial charge on any atom is -0.465 e. The van der Waals surface area contributed by atoms with Crippen molar-refractivity contribution in [3.8, 4) is 0 Å². The van der Waals surface area contributed by atoms with Gasteiger partial charge in [-0.2, -0.15) is 0 Å². The van der Waals surface area contributed by atoms with Gasteiger partial charge in [-0.15, -0.1) is 0 Å². The molecule has 5 heteroatoms. The molecule has 1 atom stereocenters. The summed E-state index contributed by atoms with van der Waals surface area (Å²) in [4.78, 5) is 25.2. The molecule has 0 spiro atoms. The summed E-state index contributed by atoms with van der Waals surface area (Å²) in [5.74, 6) is -0.854. The SMILES string of the molecule is CCOC(=O)C1(CC)C(=O)NC(C)(C)c2ccc(Cl)cc21. The molecule has 1 amide bonds. The summed E-state index contributed by atoms with van der Waals surface area (Å²) < 4.78 is 5.17. The Bertz CT molecular complexity index is 597. The third-order valence-electron chi connectivity index (χ3n) is 4.08. The molecule has 21 heavy (non-hydrogen) atoms. The molecular weight excluding hydrogens is 290 g/mol. The highest BCUT2D eigenvalue weighted by Gasteiger charge is 2.54. The molecule has 0 saturated carbocycles. The van der Waals surface area contributed by atoms with Crippen LogP contribution in [0.15, 0.2) is 18.2 Å². The van der Waals surface area contributed by atoms with Crippen LogP contribution in [0.1, 0.15) is 45.2 Å². The first-order valence-electron chi connectivity index (χ1n) is 7.10. The van der Waals surface area contributed by atoms with Crippen LogP contribution in [0.4, 0.5) is 0 Å². The molecule has 0 fully saturated rings. The zero-order valence-electron chi connectivity index (χ0n) is 12.7. The molecule has 1 aromatic rings. The second-order valence-electron chi connectivity index (χ2n) is 5.75. The molecular formula is C16H20ClNO3. The van der Waals surface area contributed by atoms with E-state index in [0.717, 1.165) is 5.56 Å². The maximum absolute atomic E-state index is 12.7. The van der Waals surface area contributed by atoms with Gasteiger partial charge in [-0.05, 0) is 50.5 Å². The highest BCUT2D eigenvalue weighted by Crippen LogP contribution is 2.42. The summed E-state index contributed by atoms with van der Waals surface area (Å²) in [5.41, 5.74) is -0.348. The maximum Gasteiger partial charge on any atom is 0.326 e. The van der Waals surface area contributed by atoms with Crippen LogP contribution in [-0.4, -0.2) is 18.5 Å². The van der Waals surface area contributed by atoms with Crippen molar-refractivity contribution >= 4 is 23.5 Å². The first kappa shape index (κ1) is 15.8. The number of rotatable bonds is 3. The van der Waals surface area contributed by atoms with Crippen molar-refractivity contribution in [3.05, 3.63) is 34.3 Å². The summed E-state index contributed by atoms with van der Waals surface area (Å²) in [6, 6.07) is 5.34. The van der Waals surface area contributed by atoms with Gasteiger partial charge in [-0.3, -0.25) is 9.59 Å². The molecule has 4 nitrogen and oxygen atoms in total. The number of carbonyl (C=O) groups is 2. The summed E-state index contributed by atoms with van der Waals surface area (Å²) in [6.45, 7) is 7.57. The highest BCUT2D eigenvalue weighted by atomic mass is 35.5. The Labute approximate surface area is 129 Å². The van der Waals surface area contributed by atoms with Crippen LogP contribution in [0.2, 0.25) is 5.02 Å². The van der Waals surface area contributed by atoms with E-state index in [9.17, 15) is 9.59 Å². The minimum absolute atomic E-state index is 0.229. The van der Waals surface area contributed by atoms with Gasteiger partial charge in [0.2, 0.25) is 5.91 Å². The average molecular weight is 310 g/mol. The van der Waals surface area contributed by atoms with Crippen LogP contribution in [0.5, 0.6) is 0 Å². The standard InChI is InChI=1S/C16H20ClNO3/c1-5-16(14(20)21-6-2)12-9-10(17)7-8-11(12)15(3,4)18-13(16)19/h7-9H,5-6H2,1-4H3,(H,18,19). The monoisotopic (exact) mass is 309 g/mol. The number of hydrogen-bond acceptors (Lipinski definition) is 3. The largest absolute Gasteiger partial charge is 0.465 e. The van der Waals surface area contributed by atoms with E-state index in [1.54, 1.807) is 26.0 Å². The summed E-state index contributed by atoms with van der Waals surface area (Å²) in [7, 11) is 0. The number of esters is 1. The smallest absolute Gasteiger partial charge is 0.326 e. The molecule has 0 aliphatic carbocycles. The van der Waals surface area contributed by atoms with Gasteiger partial charge < -0.3 is 10.1 Å². The molecule has 1 N–H and O–H groups in total. The Kier molecular flexibility index (Phi) is 4.02. The molecule has 0 saturated heterocycles. The lowest BCUT2D eigenvalue weighted by atomic mass is 9.68. The fraction of sp³-hybridized carbons (Fsp3) is 0.500. The Morgan fingerprint density at radius 1 is 1.29 bits per heavy atom. The average Bonchev–Trinajstić information content (AvgIpc) is 2.38. The van der Waals surface area contributed by atoms with Crippen LogP contribution in [0.3, 0.4) is 0 Å². The molecule has 1 heterocycles. The Balaban J connectivity index is 2.74. The molecule has 114 valence electrons. The fourth-order valence-electron chi connectivity index (χ4n) is 2.95. The van der Waals surface area contributed by atoms with Gasteiger partial charge in [-0.25, -0.2) is 0 Å². The zero-order chi connectivity index (χ0) is 15.8. The topological polar surface area (TPSA) is 55.4 Å². The van der Waals surface area contributed by atoms with Gasteiger partial charge in [-0.1, -0.05) is 24.6 Å². The van der Waals surface area contributed by atoms with Crippen molar-refractivity contribution in [1.29, 1.82) is 0 Å². The number of hydrogen-bond donors (Lipinski definition) is 1. The summed E-state index contributed by atoms with van der Waals surface area (Å²) >= 11 is 6.10. The molecule has 1 unspecified atom stereocenters. The van der Waals surface area contributed by atoms with Gasteiger partial charge in [0.1, 0.15) is 0 Å². The second kappa shape index (κ2) is 5.34. The van der Waals surface area contributed by atoms with E-state index in [1.807, 2.05) is 19.9 Å². The van der Waals surface area contributed by atoms with Crippen molar-refractivity contribution in [2.24, 2.45) is 0 Å². The lowest BCUT2D eigenvalue weighted by Crippen LogP contribution is -2.60. The van der Waals surface area contributed by atoms with Crippen molar-refractivity contribution in [2.75, 3.05) is 6.61 Å². The molecule has 1 aliphatic heterocycles. The lowest BCUT2D eigenvalue weighted by Gasteiger charge is -2.43. The van der Waals surface area contributed by atoms with Crippen LogP contribution in [0.25, 0.3) is 0 Å². The van der Waals surface area contributed by atoms with Gasteiger partial charge in [0.25, 0.3) is 0 Å².